The Hall–Kier alpha value is -2.28. The summed E-state index contributed by atoms with van der Waals surface area (Å²) >= 11 is 1.52. The van der Waals surface area contributed by atoms with Gasteiger partial charge < -0.3 is 4.90 Å². The lowest BCUT2D eigenvalue weighted by molar-refractivity contribution is -0.384. The molecule has 0 aliphatic rings. The Morgan fingerprint density at radius 1 is 1.48 bits per heavy atom. The Kier molecular flexibility index (Phi) is 4.32. The van der Waals surface area contributed by atoms with Crippen LogP contribution in [0.3, 0.4) is 0 Å². The summed E-state index contributed by atoms with van der Waals surface area (Å²) < 4.78 is 0. The van der Waals surface area contributed by atoms with Gasteiger partial charge in [-0.3, -0.25) is 14.9 Å². The Morgan fingerprint density at radius 3 is 2.71 bits per heavy atom. The predicted molar refractivity (Wildman–Crippen MR) is 82.1 cm³/mol. The number of Topliss-reactive ketones (excluding diaryl/α,β-unsaturated/α-hetero) is 1. The molecule has 0 N–H and O–H groups in total. The minimum Gasteiger partial charge on any atom is -0.362 e. The zero-order valence-corrected chi connectivity index (χ0v) is 12.8. The molecule has 0 aliphatic heterocycles. The Labute approximate surface area is 126 Å². The normalized spacial score (nSPS) is 10.4. The maximum atomic E-state index is 11.4. The van der Waals surface area contributed by atoms with E-state index in [-0.39, 0.29) is 11.5 Å². The average Bonchev–Trinajstić information content (AvgIpc) is 2.83. The number of nitro benzene ring substituents is 1. The van der Waals surface area contributed by atoms with Crippen LogP contribution in [-0.4, -0.2) is 22.7 Å². The third-order valence-electron chi connectivity index (χ3n) is 3.03. The number of hydrogen-bond donors (Lipinski definition) is 0. The zero-order chi connectivity index (χ0) is 15.6. The number of rotatable bonds is 5. The maximum absolute atomic E-state index is 11.4. The van der Waals surface area contributed by atoms with E-state index >= 15 is 0 Å². The minimum absolute atomic E-state index is 0.0709. The molecule has 110 valence electrons. The summed E-state index contributed by atoms with van der Waals surface area (Å²) in [6.45, 7) is 3.78. The van der Waals surface area contributed by atoms with E-state index in [0.717, 1.165) is 10.7 Å². The van der Waals surface area contributed by atoms with Crippen molar-refractivity contribution in [3.8, 4) is 0 Å². The van der Waals surface area contributed by atoms with Gasteiger partial charge in [-0.25, -0.2) is 4.98 Å². The number of ketones is 1. The number of aromatic nitrogens is 1. The molecule has 0 amide bonds. The van der Waals surface area contributed by atoms with E-state index in [1.165, 1.54) is 24.3 Å². The largest absolute Gasteiger partial charge is 0.362 e. The lowest BCUT2D eigenvalue weighted by Gasteiger charge is -2.18. The second kappa shape index (κ2) is 6.01. The SMILES string of the molecule is CC(=O)c1ccc(N(C)Cc2nc(C)cs2)c([N+](=O)[O-])c1. The van der Waals surface area contributed by atoms with Crippen LogP contribution in [0.4, 0.5) is 11.4 Å². The molecule has 0 unspecified atom stereocenters. The maximum Gasteiger partial charge on any atom is 0.293 e. The van der Waals surface area contributed by atoms with Crippen LogP contribution in [0.15, 0.2) is 23.6 Å². The van der Waals surface area contributed by atoms with Crippen molar-refractivity contribution >= 4 is 28.5 Å². The molecule has 0 saturated carbocycles. The number of carbonyl (C=O) groups excluding carboxylic acids is 1. The van der Waals surface area contributed by atoms with Gasteiger partial charge in [0.2, 0.25) is 0 Å². The van der Waals surface area contributed by atoms with Gasteiger partial charge >= 0.3 is 0 Å². The highest BCUT2D eigenvalue weighted by Gasteiger charge is 2.19. The van der Waals surface area contributed by atoms with Crippen LogP contribution in [0.5, 0.6) is 0 Å². The fourth-order valence-electron chi connectivity index (χ4n) is 1.97. The zero-order valence-electron chi connectivity index (χ0n) is 12.0. The summed E-state index contributed by atoms with van der Waals surface area (Å²) in [5.41, 5.74) is 1.67. The van der Waals surface area contributed by atoms with E-state index in [4.69, 9.17) is 0 Å². The highest BCUT2D eigenvalue weighted by molar-refractivity contribution is 7.09. The molecule has 0 fully saturated rings. The number of anilines is 1. The number of hydrogen-bond acceptors (Lipinski definition) is 6. The number of carbonyl (C=O) groups is 1. The Bertz CT molecular complexity index is 697. The highest BCUT2D eigenvalue weighted by Crippen LogP contribution is 2.30. The van der Waals surface area contributed by atoms with Crippen molar-refractivity contribution in [1.82, 2.24) is 4.98 Å². The molecule has 7 heteroatoms. The predicted octanol–water partition coefficient (Wildman–Crippen LogP) is 3.20. The molecular weight excluding hydrogens is 290 g/mol. The number of benzene rings is 1. The molecule has 6 nitrogen and oxygen atoms in total. The van der Waals surface area contributed by atoms with Crippen LogP contribution in [0.25, 0.3) is 0 Å². The standard InChI is InChI=1S/C14H15N3O3S/c1-9-8-21-14(15-9)7-16(3)12-5-4-11(10(2)18)6-13(12)17(19)20/h4-6,8H,7H2,1-3H3. The van der Waals surface area contributed by atoms with Crippen molar-refractivity contribution in [3.63, 3.8) is 0 Å². The van der Waals surface area contributed by atoms with Gasteiger partial charge in [-0.1, -0.05) is 0 Å². The Balaban J connectivity index is 2.33. The summed E-state index contributed by atoms with van der Waals surface area (Å²) in [5, 5.41) is 14.0. The molecule has 2 rings (SSSR count). The summed E-state index contributed by atoms with van der Waals surface area (Å²) in [6, 6.07) is 4.53. The molecular formula is C14H15N3O3S. The molecule has 0 atom stereocenters. The van der Waals surface area contributed by atoms with Crippen molar-refractivity contribution in [2.75, 3.05) is 11.9 Å². The first-order valence-corrected chi connectivity index (χ1v) is 7.18. The van der Waals surface area contributed by atoms with E-state index in [9.17, 15) is 14.9 Å². The average molecular weight is 305 g/mol. The van der Waals surface area contributed by atoms with Gasteiger partial charge in [-0.2, -0.15) is 0 Å². The topological polar surface area (TPSA) is 76.3 Å². The molecule has 1 aromatic heterocycles. The van der Waals surface area contributed by atoms with Crippen molar-refractivity contribution in [2.24, 2.45) is 0 Å². The third kappa shape index (κ3) is 3.43. The smallest absolute Gasteiger partial charge is 0.293 e. The van der Waals surface area contributed by atoms with Gasteiger partial charge in [0, 0.05) is 29.8 Å². The van der Waals surface area contributed by atoms with E-state index < -0.39 is 4.92 Å². The second-order valence-corrected chi connectivity index (χ2v) is 5.70. The summed E-state index contributed by atoms with van der Waals surface area (Å²) in [7, 11) is 1.77. The number of nitro groups is 1. The summed E-state index contributed by atoms with van der Waals surface area (Å²) in [4.78, 5) is 28.2. The van der Waals surface area contributed by atoms with Crippen LogP contribution in [0.2, 0.25) is 0 Å². The van der Waals surface area contributed by atoms with Crippen LogP contribution in [0.1, 0.15) is 28.0 Å². The highest BCUT2D eigenvalue weighted by atomic mass is 32.1. The fourth-order valence-corrected chi connectivity index (χ4v) is 2.80. The molecule has 2 aromatic rings. The third-order valence-corrected chi connectivity index (χ3v) is 3.98. The van der Waals surface area contributed by atoms with E-state index in [2.05, 4.69) is 4.98 Å². The minimum atomic E-state index is -0.467. The molecule has 0 saturated heterocycles. The quantitative estimate of drug-likeness (QED) is 0.481. The molecule has 0 radical (unpaired) electrons. The van der Waals surface area contributed by atoms with Crippen molar-refractivity contribution < 1.29 is 9.72 Å². The number of thiazole rings is 1. The van der Waals surface area contributed by atoms with Gasteiger partial charge in [0.1, 0.15) is 10.7 Å². The van der Waals surface area contributed by atoms with Crippen LogP contribution in [0, 0.1) is 17.0 Å². The number of nitrogens with zero attached hydrogens (tertiary/aromatic N) is 3. The summed E-state index contributed by atoms with van der Waals surface area (Å²) in [5.74, 6) is -0.192. The lowest BCUT2D eigenvalue weighted by Crippen LogP contribution is -2.18. The molecule has 21 heavy (non-hydrogen) atoms. The van der Waals surface area contributed by atoms with Gasteiger partial charge in [0.25, 0.3) is 5.69 Å². The first-order chi connectivity index (χ1) is 9.88. The molecule has 0 aliphatic carbocycles. The van der Waals surface area contributed by atoms with Crippen molar-refractivity contribution in [2.45, 2.75) is 20.4 Å². The van der Waals surface area contributed by atoms with Crippen molar-refractivity contribution in [1.29, 1.82) is 0 Å². The first-order valence-electron chi connectivity index (χ1n) is 6.30. The van der Waals surface area contributed by atoms with Gasteiger partial charge in [0.15, 0.2) is 5.78 Å². The van der Waals surface area contributed by atoms with E-state index in [1.807, 2.05) is 12.3 Å². The summed E-state index contributed by atoms with van der Waals surface area (Å²) in [6.07, 6.45) is 0. The molecule has 0 spiro atoms. The lowest BCUT2D eigenvalue weighted by atomic mass is 10.1. The number of aryl methyl sites for hydroxylation is 1. The molecule has 1 heterocycles. The van der Waals surface area contributed by atoms with E-state index in [1.54, 1.807) is 24.1 Å². The monoisotopic (exact) mass is 305 g/mol. The van der Waals surface area contributed by atoms with Crippen LogP contribution < -0.4 is 4.90 Å². The molecule has 1 aromatic carbocycles. The second-order valence-electron chi connectivity index (χ2n) is 4.76. The Morgan fingerprint density at radius 2 is 2.19 bits per heavy atom. The van der Waals surface area contributed by atoms with Gasteiger partial charge in [-0.05, 0) is 26.0 Å². The van der Waals surface area contributed by atoms with Gasteiger partial charge in [0.05, 0.1) is 11.5 Å². The van der Waals surface area contributed by atoms with Crippen LogP contribution >= 0.6 is 11.3 Å². The molecule has 0 bridgehead atoms. The first kappa shape index (κ1) is 15.1. The van der Waals surface area contributed by atoms with Crippen LogP contribution in [-0.2, 0) is 6.54 Å². The van der Waals surface area contributed by atoms with Crippen molar-refractivity contribution in [3.05, 3.63) is 50.0 Å². The van der Waals surface area contributed by atoms with Gasteiger partial charge in [-0.15, -0.1) is 11.3 Å². The van der Waals surface area contributed by atoms with E-state index in [0.29, 0.717) is 17.8 Å². The fraction of sp³-hybridized carbons (Fsp3) is 0.286.